The predicted molar refractivity (Wildman–Crippen MR) is 182 cm³/mol. The molecule has 5 aromatic rings. The number of hydrogen-bond donors (Lipinski definition) is 2. The van der Waals surface area contributed by atoms with Crippen molar-refractivity contribution in [1.29, 1.82) is 0 Å². The zero-order valence-corrected chi connectivity index (χ0v) is 27.7. The van der Waals surface area contributed by atoms with Gasteiger partial charge in [-0.2, -0.15) is 15.1 Å². The third-order valence-electron chi connectivity index (χ3n) is 11.0. The molecule has 4 atom stereocenters. The Morgan fingerprint density at radius 3 is 2.51 bits per heavy atom. The van der Waals surface area contributed by atoms with Crippen LogP contribution in [0.3, 0.4) is 0 Å². The Morgan fingerprint density at radius 1 is 1.06 bits per heavy atom. The largest absolute Gasteiger partial charge is 0.508 e. The first-order valence-corrected chi connectivity index (χ1v) is 17.1. The number of aryl methyl sites for hydroxylation is 1. The van der Waals surface area contributed by atoms with Crippen LogP contribution in [-0.2, 0) is 7.05 Å². The zero-order chi connectivity index (χ0) is 35.4. The molecule has 3 aliphatic heterocycles. The van der Waals surface area contributed by atoms with Crippen LogP contribution in [0.25, 0.3) is 43.7 Å². The molecule has 2 N–H and O–H groups in total. The highest BCUT2D eigenvalue weighted by molar-refractivity contribution is 6.18. The quantitative estimate of drug-likeness (QED) is 0.165. The van der Waals surface area contributed by atoms with Crippen LogP contribution in [0.2, 0.25) is 0 Å². The van der Waals surface area contributed by atoms with Gasteiger partial charge >= 0.3 is 6.01 Å². The molecule has 4 aliphatic rings. The Bertz CT molecular complexity index is 2300. The molecule has 0 amide bonds. The van der Waals surface area contributed by atoms with Gasteiger partial charge in [0.25, 0.3) is 5.92 Å². The molecule has 9 rings (SSSR count). The van der Waals surface area contributed by atoms with Crippen LogP contribution < -0.4 is 15.0 Å². The number of rotatable bonds is 7. The van der Waals surface area contributed by atoms with E-state index in [2.05, 4.69) is 21.3 Å². The van der Waals surface area contributed by atoms with Crippen molar-refractivity contribution in [1.82, 2.24) is 30.0 Å². The number of likely N-dealkylation sites (tertiary alicyclic amines) is 1. The van der Waals surface area contributed by atoms with Crippen molar-refractivity contribution < 1.29 is 31.8 Å². The van der Waals surface area contributed by atoms with Gasteiger partial charge in [0, 0.05) is 80.8 Å². The molecule has 2 aromatic heterocycles. The number of alkyl halides is 3. The first-order valence-electron chi connectivity index (χ1n) is 17.1. The van der Waals surface area contributed by atoms with Gasteiger partial charge < -0.3 is 20.1 Å². The summed E-state index contributed by atoms with van der Waals surface area (Å²) in [6, 6.07) is 5.44. The number of aromatic nitrogens is 4. The fourth-order valence-electron chi connectivity index (χ4n) is 8.50. The topological polar surface area (TPSA) is 91.6 Å². The van der Waals surface area contributed by atoms with Crippen LogP contribution in [0.4, 0.5) is 27.8 Å². The lowest BCUT2D eigenvalue weighted by molar-refractivity contribution is 0.0246. The summed E-state index contributed by atoms with van der Waals surface area (Å²) in [5.74, 6) is -2.01. The molecule has 1 aliphatic carbocycles. The fourth-order valence-corrected chi connectivity index (χ4v) is 8.50. The van der Waals surface area contributed by atoms with Gasteiger partial charge in [-0.25, -0.2) is 22.0 Å². The first kappa shape index (κ1) is 32.2. The molecule has 4 fully saturated rings. The number of piperazine rings is 1. The van der Waals surface area contributed by atoms with Crippen LogP contribution >= 0.6 is 0 Å². The van der Waals surface area contributed by atoms with Crippen molar-refractivity contribution in [3.8, 4) is 35.2 Å². The van der Waals surface area contributed by atoms with Crippen LogP contribution in [0.15, 0.2) is 30.5 Å². The summed E-state index contributed by atoms with van der Waals surface area (Å²) >= 11 is 0. The summed E-state index contributed by atoms with van der Waals surface area (Å²) in [5, 5.41) is 20.4. The summed E-state index contributed by atoms with van der Waals surface area (Å²) < 4.78 is 84.0. The Labute approximate surface area is 289 Å². The van der Waals surface area contributed by atoms with Gasteiger partial charge in [0.2, 0.25) is 0 Å². The second-order valence-corrected chi connectivity index (χ2v) is 14.6. The van der Waals surface area contributed by atoms with Gasteiger partial charge in [-0.1, -0.05) is 12.0 Å². The standard InChI is InChI=1S/C37H34F5N7O2/c1-3-24-27(39)7-4-19-10-23(50)11-25(28(19)24)29-31(40)33-30(26-15-47(2)46-32(26)29)34(49-13-21-5-6-22(14-49)43-21)45-35(44-33)51-18-36(16-37(36,41)42)17-48-9-8-20(38)12-48/h1,4,7,10-11,15,20-22,43,50H,5-6,8-9,12-14,16-18H2,2H3/t20-,21?,22?,36+/m0/s1. The first-order chi connectivity index (χ1) is 24.4. The summed E-state index contributed by atoms with van der Waals surface area (Å²) in [4.78, 5) is 13.0. The molecule has 264 valence electrons. The van der Waals surface area contributed by atoms with E-state index in [0.717, 1.165) is 12.8 Å². The number of hydrogen-bond acceptors (Lipinski definition) is 8. The van der Waals surface area contributed by atoms with E-state index in [4.69, 9.17) is 16.1 Å². The molecule has 9 nitrogen and oxygen atoms in total. The van der Waals surface area contributed by atoms with E-state index in [-0.39, 0.29) is 70.0 Å². The van der Waals surface area contributed by atoms with Gasteiger partial charge in [-0.05, 0) is 48.4 Å². The van der Waals surface area contributed by atoms with Crippen molar-refractivity contribution in [3.05, 3.63) is 47.7 Å². The zero-order valence-electron chi connectivity index (χ0n) is 27.7. The van der Waals surface area contributed by atoms with Gasteiger partial charge in [-0.3, -0.25) is 9.58 Å². The minimum atomic E-state index is -3.03. The fraction of sp³-hybridized carbons (Fsp3) is 0.432. The van der Waals surface area contributed by atoms with Crippen molar-refractivity contribution in [2.45, 2.75) is 49.9 Å². The van der Waals surface area contributed by atoms with E-state index in [1.54, 1.807) is 18.1 Å². The Hall–Kier alpha value is -4.74. The predicted octanol–water partition coefficient (Wildman–Crippen LogP) is 5.69. The molecule has 51 heavy (non-hydrogen) atoms. The highest BCUT2D eigenvalue weighted by atomic mass is 19.3. The normalized spacial score (nSPS) is 25.7. The smallest absolute Gasteiger partial charge is 0.319 e. The minimum absolute atomic E-state index is 0.0462. The van der Waals surface area contributed by atoms with Crippen molar-refractivity contribution in [2.75, 3.05) is 44.2 Å². The highest BCUT2D eigenvalue weighted by Crippen LogP contribution is 2.61. The summed E-state index contributed by atoms with van der Waals surface area (Å²) in [6.07, 6.45) is 8.20. The van der Waals surface area contributed by atoms with E-state index in [9.17, 15) is 18.3 Å². The van der Waals surface area contributed by atoms with Gasteiger partial charge in [0.15, 0.2) is 5.82 Å². The second kappa shape index (κ2) is 11.4. The number of aromatic hydroxyl groups is 1. The summed E-state index contributed by atoms with van der Waals surface area (Å²) in [5.41, 5.74) is -1.57. The van der Waals surface area contributed by atoms with E-state index < -0.39 is 42.2 Å². The number of nitrogens with zero attached hydrogens (tertiary/aromatic N) is 6. The average molecular weight is 704 g/mol. The number of anilines is 1. The molecule has 0 radical (unpaired) electrons. The SMILES string of the molecule is C#Cc1c(F)ccc2cc(O)cc(-c3c(F)c4nc(OC[C@]5(CN6CC[C@H](F)C6)CC5(F)F)nc(N5CC6CCC(C5)N6)c4c4cn(C)nc34)c12. The lowest BCUT2D eigenvalue weighted by atomic mass is 9.91. The average Bonchev–Trinajstić information content (AvgIpc) is 3.50. The third-order valence-corrected chi connectivity index (χ3v) is 11.0. The highest BCUT2D eigenvalue weighted by Gasteiger charge is 2.72. The maximum atomic E-state index is 17.5. The summed E-state index contributed by atoms with van der Waals surface area (Å²) in [7, 11) is 1.68. The second-order valence-electron chi connectivity index (χ2n) is 14.6. The number of terminal acetylenes is 1. The molecule has 0 spiro atoms. The number of halogens is 5. The van der Waals surface area contributed by atoms with Gasteiger partial charge in [-0.15, -0.1) is 6.42 Å². The van der Waals surface area contributed by atoms with Crippen LogP contribution in [0.1, 0.15) is 31.2 Å². The number of nitrogens with one attached hydrogen (secondary N) is 1. The number of fused-ring (bicyclic) bond motifs is 6. The molecule has 14 heteroatoms. The molecular formula is C37H34F5N7O2. The minimum Gasteiger partial charge on any atom is -0.508 e. The Morgan fingerprint density at radius 2 is 1.82 bits per heavy atom. The third kappa shape index (κ3) is 5.15. The van der Waals surface area contributed by atoms with E-state index in [1.807, 2.05) is 4.90 Å². The van der Waals surface area contributed by atoms with Crippen molar-refractivity contribution >= 4 is 38.4 Å². The van der Waals surface area contributed by atoms with E-state index in [0.29, 0.717) is 48.0 Å². The molecule has 2 unspecified atom stereocenters. The monoisotopic (exact) mass is 703 g/mol. The molecule has 5 heterocycles. The molecule has 1 saturated carbocycles. The van der Waals surface area contributed by atoms with Gasteiger partial charge in [0.1, 0.15) is 41.2 Å². The maximum absolute atomic E-state index is 17.5. The number of ether oxygens (including phenoxy) is 1. The molecule has 3 aromatic carbocycles. The van der Waals surface area contributed by atoms with Crippen LogP contribution in [-0.4, -0.2) is 93.3 Å². The van der Waals surface area contributed by atoms with Crippen LogP contribution in [0.5, 0.6) is 11.8 Å². The van der Waals surface area contributed by atoms with Crippen molar-refractivity contribution in [2.24, 2.45) is 12.5 Å². The lowest BCUT2D eigenvalue weighted by Gasteiger charge is -2.34. The maximum Gasteiger partial charge on any atom is 0.319 e. The van der Waals surface area contributed by atoms with Crippen molar-refractivity contribution in [3.63, 3.8) is 0 Å². The van der Waals surface area contributed by atoms with E-state index in [1.165, 1.54) is 28.9 Å². The molecule has 3 saturated heterocycles. The lowest BCUT2D eigenvalue weighted by Crippen LogP contribution is -2.51. The molecular weight excluding hydrogens is 669 g/mol. The van der Waals surface area contributed by atoms with E-state index >= 15 is 8.78 Å². The molecule has 2 bridgehead atoms. The Kier molecular flexibility index (Phi) is 7.18. The van der Waals surface area contributed by atoms with Crippen LogP contribution in [0, 0.1) is 29.4 Å². The number of phenolic OH excluding ortho intramolecular Hbond substituents is 1. The van der Waals surface area contributed by atoms with Gasteiger partial charge in [0.05, 0.1) is 16.4 Å². The Balaban J connectivity index is 1.25. The number of benzene rings is 3. The summed E-state index contributed by atoms with van der Waals surface area (Å²) in [6.45, 7) is 1.11. The number of phenols is 1.